The Labute approximate surface area is 562 Å². The highest BCUT2D eigenvalue weighted by molar-refractivity contribution is 6.00. The molecular formula is C65H97N15O17. The van der Waals surface area contributed by atoms with E-state index in [0.29, 0.717) is 28.5 Å². The maximum absolute atomic E-state index is 14.6. The van der Waals surface area contributed by atoms with Crippen LogP contribution in [0.1, 0.15) is 125 Å². The number of fused-ring (bicyclic) bond motifs is 1. The maximum Gasteiger partial charge on any atom is 0.326 e. The average molecular weight is 1360 g/mol. The lowest BCUT2D eigenvalue weighted by Gasteiger charge is -2.32. The highest BCUT2D eigenvalue weighted by Gasteiger charge is 2.41. The number of aromatic hydroxyl groups is 1. The van der Waals surface area contributed by atoms with Gasteiger partial charge in [0.05, 0.1) is 25.6 Å². The summed E-state index contributed by atoms with van der Waals surface area (Å²) in [5, 5.41) is 56.2. The Morgan fingerprint density at radius 2 is 1.10 bits per heavy atom. The van der Waals surface area contributed by atoms with Gasteiger partial charge in [-0.1, -0.05) is 85.7 Å². The van der Waals surface area contributed by atoms with Crippen molar-refractivity contribution in [2.75, 3.05) is 19.7 Å². The van der Waals surface area contributed by atoms with Gasteiger partial charge in [0.1, 0.15) is 66.2 Å². The summed E-state index contributed by atoms with van der Waals surface area (Å²) in [7, 11) is 0. The summed E-state index contributed by atoms with van der Waals surface area (Å²) in [5.74, 6) is -14.0. The third kappa shape index (κ3) is 25.7. The lowest BCUT2D eigenvalue weighted by atomic mass is 10.00. The number of aliphatic carboxylic acids is 1. The molecule has 32 heteroatoms. The number of phenolic OH excluding ortho intramolecular Hbond substituents is 1. The molecule has 2 aromatic carbocycles. The summed E-state index contributed by atoms with van der Waals surface area (Å²) in [6.07, 6.45) is 0.779. The number of nitrogens with one attached hydrogen (secondary N) is 11. The highest BCUT2D eigenvalue weighted by atomic mass is 16.4. The number of hydrogen-bond donors (Lipinski definition) is 17. The lowest BCUT2D eigenvalue weighted by molar-refractivity contribution is -0.143. The third-order valence-electron chi connectivity index (χ3n) is 15.9. The monoisotopic (exact) mass is 1360 g/mol. The SMILES string of the molecule is CC(C)C[C@H](NC(=O)[C@H](CC(C)C)NC(=O)CNC(=O)[C@H](CC(N)=O)NC(=O)[C@H](C)NC(=O)[C@H](CC(C)C)NC(=O)[C@H](Cc1ccc(O)cc1)NC(=O)[C@H](CO)NC(=O)[C@H](Cc1c[nH]c2ccccc12)NC(=O)[C@@H]1CCCN1C(=O)[C@@H](NC(=O)[C@@H](N)CCC(N)=O)C(C)C)C(=O)O. The quantitative estimate of drug-likeness (QED) is 0.0280. The number of carboxylic acids is 1. The predicted molar refractivity (Wildman–Crippen MR) is 353 cm³/mol. The van der Waals surface area contributed by atoms with Gasteiger partial charge in [0.2, 0.25) is 76.8 Å². The second-order valence-electron chi connectivity index (χ2n) is 26.0. The normalized spacial score (nSPS) is 16.0. The topological polar surface area (TPSA) is 517 Å². The molecule has 0 radical (unpaired) electrons. The molecule has 0 aliphatic carbocycles. The van der Waals surface area contributed by atoms with Crippen molar-refractivity contribution in [3.63, 3.8) is 0 Å². The van der Waals surface area contributed by atoms with Crippen LogP contribution in [0.4, 0.5) is 0 Å². The van der Waals surface area contributed by atoms with Crippen LogP contribution in [0.2, 0.25) is 0 Å². The summed E-state index contributed by atoms with van der Waals surface area (Å²) in [4.78, 5) is 193. The van der Waals surface area contributed by atoms with Crippen LogP contribution in [0.25, 0.3) is 10.9 Å². The van der Waals surface area contributed by atoms with Gasteiger partial charge in [0.15, 0.2) is 0 Å². The molecular weight excluding hydrogens is 1260 g/mol. The van der Waals surface area contributed by atoms with E-state index < -0.39 is 175 Å². The first-order valence-electron chi connectivity index (χ1n) is 32.4. The van der Waals surface area contributed by atoms with Gasteiger partial charge >= 0.3 is 5.97 Å². The van der Waals surface area contributed by atoms with Crippen molar-refractivity contribution < 1.29 is 82.4 Å². The Morgan fingerprint density at radius 1 is 0.577 bits per heavy atom. The van der Waals surface area contributed by atoms with E-state index in [-0.39, 0.29) is 81.4 Å². The van der Waals surface area contributed by atoms with E-state index in [9.17, 15) is 82.4 Å². The Bertz CT molecular complexity index is 3280. The van der Waals surface area contributed by atoms with Crippen LogP contribution in [0.3, 0.4) is 0 Å². The largest absolute Gasteiger partial charge is 0.508 e. The van der Waals surface area contributed by atoms with Crippen molar-refractivity contribution in [1.82, 2.24) is 63.1 Å². The molecule has 1 aliphatic rings. The Morgan fingerprint density at radius 3 is 1.68 bits per heavy atom. The van der Waals surface area contributed by atoms with Crippen molar-refractivity contribution in [3.8, 4) is 5.75 Å². The van der Waals surface area contributed by atoms with Crippen LogP contribution in [0, 0.1) is 23.7 Å². The van der Waals surface area contributed by atoms with Gasteiger partial charge in [-0.25, -0.2) is 4.79 Å². The number of carbonyl (C=O) groups is 14. The number of benzene rings is 2. The van der Waals surface area contributed by atoms with Gasteiger partial charge in [-0.2, -0.15) is 0 Å². The number of aromatic amines is 1. The molecule has 0 spiro atoms. The summed E-state index contributed by atoms with van der Waals surface area (Å²) in [6, 6.07) is -2.76. The zero-order valence-electron chi connectivity index (χ0n) is 56.3. The Kier molecular flexibility index (Phi) is 31.3. The van der Waals surface area contributed by atoms with Gasteiger partial charge in [0.25, 0.3) is 0 Å². The number of nitrogens with two attached hydrogens (primary N) is 3. The van der Waals surface area contributed by atoms with Crippen molar-refractivity contribution in [1.29, 1.82) is 0 Å². The van der Waals surface area contributed by atoms with Crippen molar-refractivity contribution >= 4 is 93.7 Å². The number of carboxylic acid groups (broad SMARTS) is 1. The summed E-state index contributed by atoms with van der Waals surface area (Å²) in [5.41, 5.74) is 18.3. The van der Waals surface area contributed by atoms with E-state index in [4.69, 9.17) is 17.2 Å². The van der Waals surface area contributed by atoms with Gasteiger partial charge < -0.3 is 95.6 Å². The second-order valence-corrected chi connectivity index (χ2v) is 26.0. The van der Waals surface area contributed by atoms with E-state index in [1.807, 2.05) is 0 Å². The first kappa shape index (κ1) is 79.7. The molecule has 13 amide bonds. The number of aromatic nitrogens is 1. The summed E-state index contributed by atoms with van der Waals surface area (Å²) in [6.45, 7) is 13.4. The molecule has 97 heavy (non-hydrogen) atoms. The number of phenols is 1. The van der Waals surface area contributed by atoms with Crippen LogP contribution in [-0.2, 0) is 80.0 Å². The van der Waals surface area contributed by atoms with E-state index in [1.165, 1.54) is 36.1 Å². The number of aliphatic hydroxyl groups excluding tert-OH is 1. The fraction of sp³-hybridized carbons (Fsp3) is 0.569. The molecule has 11 atom stereocenters. The van der Waals surface area contributed by atoms with Crippen molar-refractivity contribution in [2.45, 2.75) is 193 Å². The smallest absolute Gasteiger partial charge is 0.326 e. The Balaban J connectivity index is 1.53. The number of rotatable bonds is 39. The molecule has 1 fully saturated rings. The minimum Gasteiger partial charge on any atom is -0.508 e. The number of H-pyrrole nitrogens is 1. The molecule has 3 aromatic rings. The van der Waals surface area contributed by atoms with Gasteiger partial charge in [-0.05, 0) is 98.4 Å². The molecule has 534 valence electrons. The molecule has 1 saturated heterocycles. The fourth-order valence-corrected chi connectivity index (χ4v) is 10.8. The zero-order chi connectivity index (χ0) is 72.5. The molecule has 0 bridgehead atoms. The third-order valence-corrected chi connectivity index (χ3v) is 15.9. The second kappa shape index (κ2) is 38.1. The maximum atomic E-state index is 14.6. The number of aliphatic hydroxyl groups is 1. The van der Waals surface area contributed by atoms with Gasteiger partial charge in [0, 0.05) is 42.9 Å². The molecule has 0 unspecified atom stereocenters. The zero-order valence-corrected chi connectivity index (χ0v) is 56.3. The number of likely N-dealkylation sites (tertiary alicyclic amines) is 1. The standard InChI is InChI=1S/C65H97N15O17/c1-32(2)23-43(59(90)77-48(65(96)97)25-34(5)6)72-53(85)30-70-57(88)47(28-52(68)84)73-55(86)36(9)71-58(89)44(24-33(3)4)74-60(91)45(26-37-16-18-39(82)19-17-37)75-62(93)49(31-81)78-61(92)46(27-38-29-69-42-14-11-10-13-40(38)42)76-63(94)50-15-12-22-80(50)64(95)54(35(7)8)79-56(87)41(66)20-21-51(67)83/h10-11,13-14,16-19,29,32-36,41,43-50,54,69,81-82H,12,15,20-28,30-31,66H2,1-9H3,(H2,67,83)(H2,68,84)(H,70,88)(H,71,89)(H,72,85)(H,73,86)(H,74,91)(H,75,93)(H,76,94)(H,77,90)(H,78,92)(H,79,87)(H,96,97)/t36-,41-,43-,44-,45-,46-,47-,48-,49-,50-,54-/m0/s1. The van der Waals surface area contributed by atoms with Gasteiger partial charge in [-0.15, -0.1) is 0 Å². The molecule has 4 rings (SSSR count). The van der Waals surface area contributed by atoms with Crippen molar-refractivity contribution in [2.24, 2.45) is 40.9 Å². The summed E-state index contributed by atoms with van der Waals surface area (Å²) < 4.78 is 0. The molecule has 1 aromatic heterocycles. The number of amides is 13. The molecule has 20 N–H and O–H groups in total. The van der Waals surface area contributed by atoms with E-state index in [0.717, 1.165) is 0 Å². The first-order chi connectivity index (χ1) is 45.6. The van der Waals surface area contributed by atoms with Crippen LogP contribution in [0.5, 0.6) is 5.75 Å². The van der Waals surface area contributed by atoms with Gasteiger partial charge in [-0.3, -0.25) is 62.3 Å². The minimum atomic E-state index is -1.80. The van der Waals surface area contributed by atoms with Crippen LogP contribution < -0.4 is 70.4 Å². The highest BCUT2D eigenvalue weighted by Crippen LogP contribution is 2.24. The van der Waals surface area contributed by atoms with Crippen LogP contribution in [-0.4, -0.2) is 194 Å². The van der Waals surface area contributed by atoms with E-state index in [2.05, 4.69) is 58.2 Å². The van der Waals surface area contributed by atoms with Crippen LogP contribution in [0.15, 0.2) is 54.7 Å². The average Bonchev–Trinajstić information content (AvgIpc) is 1.73. The molecule has 32 nitrogen and oxygen atoms in total. The minimum absolute atomic E-state index is 0.0623. The van der Waals surface area contributed by atoms with E-state index in [1.54, 1.807) is 85.9 Å². The first-order valence-corrected chi connectivity index (χ1v) is 32.4. The van der Waals surface area contributed by atoms with Crippen molar-refractivity contribution in [3.05, 3.63) is 65.9 Å². The fourth-order valence-electron chi connectivity index (χ4n) is 10.8. The van der Waals surface area contributed by atoms with E-state index >= 15 is 0 Å². The number of nitrogens with zero attached hydrogens (tertiary/aromatic N) is 1. The summed E-state index contributed by atoms with van der Waals surface area (Å²) >= 11 is 0. The molecule has 2 heterocycles. The predicted octanol–water partition coefficient (Wildman–Crippen LogP) is -2.51. The Hall–Kier alpha value is -9.72. The lowest BCUT2D eigenvalue weighted by Crippen LogP contribution is -2.61. The molecule has 0 saturated carbocycles. The number of para-hydroxylation sites is 1. The van der Waals surface area contributed by atoms with Crippen LogP contribution >= 0.6 is 0 Å². The molecule has 1 aliphatic heterocycles. The number of primary amides is 2. The number of carbonyl (C=O) groups excluding carboxylic acids is 13. The number of hydrogen-bond acceptors (Lipinski definition) is 17.